The Bertz CT molecular complexity index is 614. The lowest BCUT2D eigenvalue weighted by atomic mass is 10.3. The molecule has 2 aromatic rings. The van der Waals surface area contributed by atoms with Gasteiger partial charge in [-0.05, 0) is 48.2 Å². The van der Waals surface area contributed by atoms with Crippen LogP contribution in [0.2, 0.25) is 0 Å². The number of nitrogens with zero attached hydrogens (tertiary/aromatic N) is 1. The minimum Gasteiger partial charge on any atom is -0.356 e. The molecule has 0 unspecified atom stereocenters. The normalized spacial score (nSPS) is 11.0. The average molecular weight is 465 g/mol. The van der Waals surface area contributed by atoms with Gasteiger partial charge in [-0.1, -0.05) is 0 Å². The predicted octanol–water partition coefficient (Wildman–Crippen LogP) is 4.27. The van der Waals surface area contributed by atoms with E-state index in [1.165, 1.54) is 22.6 Å². The number of rotatable bonds is 6. The lowest BCUT2D eigenvalue weighted by Gasteiger charge is -2.11. The molecule has 23 heavy (non-hydrogen) atoms. The third kappa shape index (κ3) is 7.09. The summed E-state index contributed by atoms with van der Waals surface area (Å²) in [5.74, 6) is 1.49. The summed E-state index contributed by atoms with van der Waals surface area (Å²) < 4.78 is 12.8. The summed E-state index contributed by atoms with van der Waals surface area (Å²) in [6, 6.07) is 8.69. The van der Waals surface area contributed by atoms with Crippen molar-refractivity contribution in [3.8, 4) is 0 Å². The molecule has 0 saturated heterocycles. The van der Waals surface area contributed by atoms with Gasteiger partial charge in [-0.15, -0.1) is 47.1 Å². The van der Waals surface area contributed by atoms with Crippen molar-refractivity contribution in [1.29, 1.82) is 0 Å². The maximum absolute atomic E-state index is 12.8. The monoisotopic (exact) mass is 465 g/mol. The first kappa shape index (κ1) is 20.2. The topological polar surface area (TPSA) is 36.4 Å². The van der Waals surface area contributed by atoms with Gasteiger partial charge < -0.3 is 10.6 Å². The number of guanidine groups is 1. The Balaban J connectivity index is 0.00000264. The van der Waals surface area contributed by atoms with Gasteiger partial charge in [0, 0.05) is 29.1 Å². The summed E-state index contributed by atoms with van der Waals surface area (Å²) in [4.78, 5) is 6.61. The van der Waals surface area contributed by atoms with Gasteiger partial charge in [-0.3, -0.25) is 4.99 Å². The molecule has 3 nitrogen and oxygen atoms in total. The van der Waals surface area contributed by atoms with Crippen molar-refractivity contribution in [3.63, 3.8) is 0 Å². The molecule has 0 atom stereocenters. The van der Waals surface area contributed by atoms with Crippen LogP contribution in [0.15, 0.2) is 45.6 Å². The Labute approximate surface area is 162 Å². The van der Waals surface area contributed by atoms with Crippen LogP contribution in [0.3, 0.4) is 0 Å². The second-order valence-corrected chi connectivity index (χ2v) is 6.85. The highest BCUT2D eigenvalue weighted by molar-refractivity contribution is 14.0. The first-order valence-corrected chi connectivity index (χ1v) is 8.91. The summed E-state index contributed by atoms with van der Waals surface area (Å²) in [6.45, 7) is 3.70. The van der Waals surface area contributed by atoms with E-state index < -0.39 is 0 Å². The van der Waals surface area contributed by atoms with Gasteiger partial charge >= 0.3 is 0 Å². The molecule has 2 rings (SSSR count). The minimum atomic E-state index is -0.198. The molecule has 0 amide bonds. The fourth-order valence-electron chi connectivity index (χ4n) is 1.84. The van der Waals surface area contributed by atoms with Gasteiger partial charge in [0.1, 0.15) is 5.82 Å². The second kappa shape index (κ2) is 10.9. The van der Waals surface area contributed by atoms with Crippen LogP contribution >= 0.6 is 47.1 Å². The first-order valence-electron chi connectivity index (χ1n) is 7.05. The summed E-state index contributed by atoms with van der Waals surface area (Å²) in [5, 5.41) is 8.69. The highest BCUT2D eigenvalue weighted by Crippen LogP contribution is 2.17. The van der Waals surface area contributed by atoms with Crippen LogP contribution in [0, 0.1) is 12.7 Å². The lowest BCUT2D eigenvalue weighted by molar-refractivity contribution is 0.626. The summed E-state index contributed by atoms with van der Waals surface area (Å²) >= 11 is 3.44. The minimum absolute atomic E-state index is 0. The highest BCUT2D eigenvalue weighted by Gasteiger charge is 2.02. The molecule has 0 spiro atoms. The summed E-state index contributed by atoms with van der Waals surface area (Å²) in [6.07, 6.45) is 0. The van der Waals surface area contributed by atoms with Crippen LogP contribution in [-0.2, 0) is 6.54 Å². The molecule has 0 aliphatic carbocycles. The molecule has 0 fully saturated rings. The second-order valence-electron chi connectivity index (χ2n) is 4.68. The number of hydrogen-bond acceptors (Lipinski definition) is 3. The largest absolute Gasteiger partial charge is 0.356 e. The van der Waals surface area contributed by atoms with Crippen LogP contribution in [0.1, 0.15) is 10.4 Å². The number of halogens is 2. The smallest absolute Gasteiger partial charge is 0.191 e. The van der Waals surface area contributed by atoms with Gasteiger partial charge in [-0.2, -0.15) is 0 Å². The van der Waals surface area contributed by atoms with Crippen molar-refractivity contribution in [2.24, 2.45) is 4.99 Å². The van der Waals surface area contributed by atoms with E-state index in [0.29, 0.717) is 0 Å². The molecule has 126 valence electrons. The summed E-state index contributed by atoms with van der Waals surface area (Å²) in [5.41, 5.74) is 1.31. The Morgan fingerprint density at radius 3 is 2.57 bits per heavy atom. The van der Waals surface area contributed by atoms with Crippen LogP contribution in [-0.4, -0.2) is 25.3 Å². The molecule has 0 aliphatic heterocycles. The van der Waals surface area contributed by atoms with E-state index in [4.69, 9.17) is 0 Å². The van der Waals surface area contributed by atoms with E-state index in [1.807, 2.05) is 0 Å². The number of nitrogens with one attached hydrogen (secondary N) is 2. The van der Waals surface area contributed by atoms with Crippen molar-refractivity contribution in [1.82, 2.24) is 10.6 Å². The molecule has 0 radical (unpaired) electrons. The zero-order chi connectivity index (χ0) is 15.8. The number of aliphatic imine (C=N–C) groups is 1. The Morgan fingerprint density at radius 1 is 1.22 bits per heavy atom. The molecular weight excluding hydrogens is 444 g/mol. The number of thiophene rings is 1. The Kier molecular flexibility index (Phi) is 9.57. The van der Waals surface area contributed by atoms with Gasteiger partial charge in [0.2, 0.25) is 0 Å². The Hall–Kier alpha value is -0.800. The van der Waals surface area contributed by atoms with Gasteiger partial charge in [0.15, 0.2) is 5.96 Å². The van der Waals surface area contributed by atoms with Crippen LogP contribution < -0.4 is 10.6 Å². The van der Waals surface area contributed by atoms with Crippen LogP contribution in [0.5, 0.6) is 0 Å². The lowest BCUT2D eigenvalue weighted by Crippen LogP contribution is -2.37. The third-order valence-corrected chi connectivity index (χ3v) is 5.12. The number of benzene rings is 1. The van der Waals surface area contributed by atoms with Gasteiger partial charge in [0.05, 0.1) is 6.54 Å². The fourth-order valence-corrected chi connectivity index (χ4v) is 3.45. The molecule has 1 heterocycles. The maximum atomic E-state index is 12.8. The summed E-state index contributed by atoms with van der Waals surface area (Å²) in [7, 11) is 1.77. The number of hydrogen-bond donors (Lipinski definition) is 2. The van der Waals surface area contributed by atoms with Crippen LogP contribution in [0.25, 0.3) is 0 Å². The molecule has 0 saturated carbocycles. The van der Waals surface area contributed by atoms with E-state index in [9.17, 15) is 4.39 Å². The standard InChI is InChI=1S/C16H20FN3S2.HI/c1-12-7-9-22-15(12)11-20-16(18-2)19-8-10-21-14-5-3-13(17)4-6-14;/h3-7,9H,8,10-11H2,1-2H3,(H2,18,19,20);1H. The SMILES string of the molecule is CN=C(NCCSc1ccc(F)cc1)NCc1sccc1C.I. The number of aryl methyl sites for hydroxylation is 1. The van der Waals surface area contributed by atoms with Crippen molar-refractivity contribution in [3.05, 3.63) is 52.0 Å². The Morgan fingerprint density at radius 2 is 1.96 bits per heavy atom. The van der Waals surface area contributed by atoms with Crippen LogP contribution in [0.4, 0.5) is 4.39 Å². The van der Waals surface area contributed by atoms with E-state index >= 15 is 0 Å². The maximum Gasteiger partial charge on any atom is 0.191 e. The molecule has 2 N–H and O–H groups in total. The van der Waals surface area contributed by atoms with E-state index in [2.05, 4.69) is 34.0 Å². The zero-order valence-corrected chi connectivity index (χ0v) is 17.1. The molecule has 0 bridgehead atoms. The molecule has 7 heteroatoms. The highest BCUT2D eigenvalue weighted by atomic mass is 127. The van der Waals surface area contributed by atoms with Crippen molar-refractivity contribution in [2.75, 3.05) is 19.3 Å². The van der Waals surface area contributed by atoms with E-state index in [-0.39, 0.29) is 29.8 Å². The van der Waals surface area contributed by atoms with Crippen molar-refractivity contribution in [2.45, 2.75) is 18.4 Å². The average Bonchev–Trinajstić information content (AvgIpc) is 2.93. The molecule has 0 aliphatic rings. The molecule has 1 aromatic heterocycles. The van der Waals surface area contributed by atoms with Crippen molar-refractivity contribution >= 4 is 53.0 Å². The molecule has 1 aromatic carbocycles. The van der Waals surface area contributed by atoms with Gasteiger partial charge in [-0.25, -0.2) is 4.39 Å². The predicted molar refractivity (Wildman–Crippen MR) is 110 cm³/mol. The quantitative estimate of drug-likeness (QED) is 0.220. The third-order valence-electron chi connectivity index (χ3n) is 3.09. The zero-order valence-electron chi connectivity index (χ0n) is 13.1. The first-order chi connectivity index (χ1) is 10.7. The molecular formula is C16H21FIN3S2. The fraction of sp³-hybridized carbons (Fsp3) is 0.312. The number of thioether (sulfide) groups is 1. The van der Waals surface area contributed by atoms with Crippen molar-refractivity contribution < 1.29 is 4.39 Å². The van der Waals surface area contributed by atoms with E-state index in [0.717, 1.165) is 29.7 Å². The van der Waals surface area contributed by atoms with Gasteiger partial charge in [0.25, 0.3) is 0 Å². The van der Waals surface area contributed by atoms with E-state index in [1.54, 1.807) is 42.3 Å².